The molecule has 1 fully saturated rings. The Morgan fingerprint density at radius 1 is 1.16 bits per heavy atom. The quantitative estimate of drug-likeness (QED) is 0.610. The van der Waals surface area contributed by atoms with E-state index < -0.39 is 15.9 Å². The predicted molar refractivity (Wildman–Crippen MR) is 120 cm³/mol. The Labute approximate surface area is 186 Å². The predicted octanol–water partition coefficient (Wildman–Crippen LogP) is 2.30. The van der Waals surface area contributed by atoms with Crippen molar-refractivity contribution in [2.45, 2.75) is 37.6 Å². The minimum absolute atomic E-state index is 0.000444. The van der Waals surface area contributed by atoms with Crippen molar-refractivity contribution in [2.24, 2.45) is 5.92 Å². The Balaban J connectivity index is 1.77. The van der Waals surface area contributed by atoms with Gasteiger partial charge in [-0.3, -0.25) is 14.7 Å². The fourth-order valence-electron chi connectivity index (χ4n) is 4.22. The van der Waals surface area contributed by atoms with E-state index in [9.17, 15) is 18.0 Å². The van der Waals surface area contributed by atoms with E-state index in [0.29, 0.717) is 24.1 Å². The molecule has 0 unspecified atom stereocenters. The molecule has 9 nitrogen and oxygen atoms in total. The summed E-state index contributed by atoms with van der Waals surface area (Å²) in [6.45, 7) is 6.90. The van der Waals surface area contributed by atoms with E-state index in [2.05, 4.69) is 35.6 Å². The van der Waals surface area contributed by atoms with Gasteiger partial charge in [-0.2, -0.15) is 0 Å². The number of aromatic amines is 1. The molecule has 0 radical (unpaired) electrons. The number of sulfonamides is 1. The fraction of sp³-hybridized carbons (Fsp3) is 0.318. The van der Waals surface area contributed by atoms with E-state index in [1.165, 1.54) is 28.9 Å². The minimum atomic E-state index is -4.04. The highest BCUT2D eigenvalue weighted by atomic mass is 32.2. The van der Waals surface area contributed by atoms with Crippen LogP contribution in [0.5, 0.6) is 0 Å². The molecule has 1 saturated heterocycles. The summed E-state index contributed by atoms with van der Waals surface area (Å²) >= 11 is 0. The number of pyridine rings is 1. The van der Waals surface area contributed by atoms with Crippen molar-refractivity contribution < 1.29 is 13.2 Å². The van der Waals surface area contributed by atoms with Crippen LogP contribution >= 0.6 is 0 Å². The molecular weight excluding hydrogens is 430 g/mol. The lowest BCUT2D eigenvalue weighted by atomic mass is 9.97. The van der Waals surface area contributed by atoms with Crippen LogP contribution in [0.25, 0.3) is 5.82 Å². The van der Waals surface area contributed by atoms with E-state index in [-0.39, 0.29) is 21.6 Å². The molecule has 2 N–H and O–H groups in total. The van der Waals surface area contributed by atoms with E-state index in [4.69, 9.17) is 0 Å². The molecule has 0 saturated carbocycles. The van der Waals surface area contributed by atoms with Crippen molar-refractivity contribution in [3.63, 3.8) is 0 Å². The maximum absolute atomic E-state index is 13.1. The van der Waals surface area contributed by atoms with Crippen molar-refractivity contribution in [3.05, 3.63) is 70.6 Å². The summed E-state index contributed by atoms with van der Waals surface area (Å²) in [5.74, 6) is 0.386. The van der Waals surface area contributed by atoms with Gasteiger partial charge in [-0.1, -0.05) is 25.1 Å². The summed E-state index contributed by atoms with van der Waals surface area (Å²) in [5, 5.41) is 2.63. The second-order valence-corrected chi connectivity index (χ2v) is 10.4. The first-order valence-corrected chi connectivity index (χ1v) is 11.7. The van der Waals surface area contributed by atoms with Gasteiger partial charge in [0, 0.05) is 24.3 Å². The van der Waals surface area contributed by atoms with Crippen LogP contribution in [0, 0.1) is 5.92 Å². The highest BCUT2D eigenvalue weighted by molar-refractivity contribution is 7.90. The SMILES string of the molecule is C[C@@H]1CN(c2nc(-n3ccc(=O)[nH]3)ccc2C(=O)NS(=O)(=O)c2ccccc2)C(C)(C)C1. The summed E-state index contributed by atoms with van der Waals surface area (Å²) in [4.78, 5) is 31.4. The summed E-state index contributed by atoms with van der Waals surface area (Å²) in [5.41, 5.74) is -0.424. The van der Waals surface area contributed by atoms with Crippen LogP contribution in [0.2, 0.25) is 0 Å². The van der Waals surface area contributed by atoms with Crippen LogP contribution in [-0.4, -0.2) is 41.2 Å². The number of hydrogen-bond acceptors (Lipinski definition) is 6. The van der Waals surface area contributed by atoms with Gasteiger partial charge < -0.3 is 4.90 Å². The third kappa shape index (κ3) is 4.18. The number of nitrogens with zero attached hydrogens (tertiary/aromatic N) is 3. The Morgan fingerprint density at radius 3 is 2.47 bits per heavy atom. The number of amides is 1. The average Bonchev–Trinajstić information content (AvgIpc) is 3.29. The Morgan fingerprint density at radius 2 is 1.88 bits per heavy atom. The zero-order chi connectivity index (χ0) is 23.1. The van der Waals surface area contributed by atoms with Gasteiger partial charge in [0.15, 0.2) is 5.82 Å². The van der Waals surface area contributed by atoms with Gasteiger partial charge >= 0.3 is 0 Å². The molecule has 1 aliphatic heterocycles. The molecular formula is C22H25N5O4S. The summed E-state index contributed by atoms with van der Waals surface area (Å²) < 4.78 is 29.0. The highest BCUT2D eigenvalue weighted by Crippen LogP contribution is 2.37. The number of benzene rings is 1. The number of nitrogens with one attached hydrogen (secondary N) is 2. The third-order valence-electron chi connectivity index (χ3n) is 5.57. The molecule has 32 heavy (non-hydrogen) atoms. The lowest BCUT2D eigenvalue weighted by Crippen LogP contribution is -2.41. The standard InChI is InChI=1S/C22H25N5O4S/c1-15-13-22(2,3)26(14-15)20-17(9-10-18(23-20)27-12-11-19(28)24-27)21(29)25-32(30,31)16-7-5-4-6-8-16/h4-12,15H,13-14H2,1-3H3,(H,24,28)(H,25,29)/t15-/m0/s1. The van der Waals surface area contributed by atoms with Crippen LogP contribution in [0.3, 0.4) is 0 Å². The zero-order valence-corrected chi connectivity index (χ0v) is 18.9. The van der Waals surface area contributed by atoms with E-state index in [1.807, 2.05) is 4.90 Å². The van der Waals surface area contributed by atoms with Gasteiger partial charge in [0.25, 0.3) is 21.5 Å². The summed E-state index contributed by atoms with van der Waals surface area (Å²) in [7, 11) is -4.04. The molecule has 3 aromatic rings. The molecule has 168 valence electrons. The van der Waals surface area contributed by atoms with E-state index >= 15 is 0 Å². The van der Waals surface area contributed by atoms with Crippen molar-refractivity contribution >= 4 is 21.7 Å². The van der Waals surface area contributed by atoms with Crippen molar-refractivity contribution in [1.82, 2.24) is 19.5 Å². The molecule has 0 bridgehead atoms. The van der Waals surface area contributed by atoms with Gasteiger partial charge in [-0.05, 0) is 50.5 Å². The summed E-state index contributed by atoms with van der Waals surface area (Å²) in [6, 6.07) is 12.2. The Hall–Kier alpha value is -3.40. The number of carbonyl (C=O) groups excluding carboxylic acids is 1. The normalized spacial score (nSPS) is 18.0. The second-order valence-electron chi connectivity index (χ2n) is 8.68. The number of aromatic nitrogens is 3. The average molecular weight is 456 g/mol. The highest BCUT2D eigenvalue weighted by Gasteiger charge is 2.39. The molecule has 1 aromatic carbocycles. The molecule has 0 spiro atoms. The first-order valence-electron chi connectivity index (χ1n) is 10.3. The number of H-pyrrole nitrogens is 1. The van der Waals surface area contributed by atoms with Crippen molar-refractivity contribution in [1.29, 1.82) is 0 Å². The number of rotatable bonds is 5. The molecule has 4 rings (SSSR count). The lowest BCUT2D eigenvalue weighted by molar-refractivity contribution is 0.0981. The Bertz CT molecular complexity index is 1310. The van der Waals surface area contributed by atoms with Crippen LogP contribution < -0.4 is 15.2 Å². The largest absolute Gasteiger partial charge is 0.350 e. The van der Waals surface area contributed by atoms with E-state index in [0.717, 1.165) is 6.42 Å². The minimum Gasteiger partial charge on any atom is -0.350 e. The van der Waals surface area contributed by atoms with Crippen molar-refractivity contribution in [2.75, 3.05) is 11.4 Å². The van der Waals surface area contributed by atoms with Crippen LogP contribution in [0.15, 0.2) is 64.4 Å². The monoisotopic (exact) mass is 455 g/mol. The third-order valence-corrected chi connectivity index (χ3v) is 6.91. The Kier molecular flexibility index (Phi) is 5.41. The van der Waals surface area contributed by atoms with Crippen LogP contribution in [0.1, 0.15) is 37.6 Å². The molecule has 1 amide bonds. The lowest BCUT2D eigenvalue weighted by Gasteiger charge is -2.34. The van der Waals surface area contributed by atoms with Gasteiger partial charge in [-0.15, -0.1) is 0 Å². The molecule has 1 aliphatic rings. The molecule has 0 aliphatic carbocycles. The van der Waals surface area contributed by atoms with Crippen LogP contribution in [0.4, 0.5) is 5.82 Å². The number of anilines is 1. The molecule has 2 aromatic heterocycles. The second kappa shape index (κ2) is 7.94. The first kappa shape index (κ1) is 21.8. The van der Waals surface area contributed by atoms with Gasteiger partial charge in [0.05, 0.1) is 10.5 Å². The van der Waals surface area contributed by atoms with Crippen LogP contribution in [-0.2, 0) is 10.0 Å². The number of hydrogen-bond donors (Lipinski definition) is 2. The number of carbonyl (C=O) groups is 1. The van der Waals surface area contributed by atoms with Gasteiger partial charge in [0.2, 0.25) is 0 Å². The smallest absolute Gasteiger partial charge is 0.268 e. The van der Waals surface area contributed by atoms with Gasteiger partial charge in [-0.25, -0.2) is 22.8 Å². The molecule has 3 heterocycles. The molecule has 10 heteroatoms. The maximum atomic E-state index is 13.1. The maximum Gasteiger partial charge on any atom is 0.268 e. The molecule has 1 atom stereocenters. The van der Waals surface area contributed by atoms with Crippen molar-refractivity contribution in [3.8, 4) is 5.82 Å². The van der Waals surface area contributed by atoms with E-state index in [1.54, 1.807) is 30.5 Å². The topological polar surface area (TPSA) is 117 Å². The van der Waals surface area contributed by atoms with Gasteiger partial charge in [0.1, 0.15) is 5.82 Å². The summed E-state index contributed by atoms with van der Waals surface area (Å²) in [6.07, 6.45) is 2.44. The fourth-order valence-corrected chi connectivity index (χ4v) is 5.21. The zero-order valence-electron chi connectivity index (χ0n) is 18.1. The first-order chi connectivity index (χ1) is 15.1.